The molecule has 0 saturated heterocycles. The van der Waals surface area contributed by atoms with Crippen molar-refractivity contribution in [2.24, 2.45) is 5.92 Å². The highest BCUT2D eigenvalue weighted by Gasteiger charge is 2.40. The Morgan fingerprint density at radius 3 is 2.19 bits per heavy atom. The van der Waals surface area contributed by atoms with Crippen molar-refractivity contribution in [3.05, 3.63) is 41.5 Å². The van der Waals surface area contributed by atoms with Gasteiger partial charge in [0.05, 0.1) is 19.1 Å². The molecule has 0 fully saturated rings. The number of hydrazine groups is 1. The maximum Gasteiger partial charge on any atom is 0.429 e. The van der Waals surface area contributed by atoms with Crippen LogP contribution in [0.3, 0.4) is 0 Å². The zero-order valence-electron chi connectivity index (χ0n) is 20.1. The van der Waals surface area contributed by atoms with Crippen LogP contribution in [0.1, 0.15) is 63.9 Å². The third-order valence-corrected chi connectivity index (χ3v) is 4.67. The van der Waals surface area contributed by atoms with Gasteiger partial charge >= 0.3 is 12.2 Å². The van der Waals surface area contributed by atoms with Crippen LogP contribution in [0.4, 0.5) is 9.59 Å². The monoisotopic (exact) mass is 446 g/mol. The molecule has 0 aromatic heterocycles. The average Bonchev–Trinajstić information content (AvgIpc) is 3.11. The fourth-order valence-corrected chi connectivity index (χ4v) is 3.36. The van der Waals surface area contributed by atoms with E-state index in [9.17, 15) is 14.4 Å². The van der Waals surface area contributed by atoms with E-state index in [2.05, 4.69) is 5.43 Å². The summed E-state index contributed by atoms with van der Waals surface area (Å²) in [6.07, 6.45) is 2.38. The predicted octanol–water partition coefficient (Wildman–Crippen LogP) is 4.81. The molecule has 8 nitrogen and oxygen atoms in total. The Morgan fingerprint density at radius 2 is 1.66 bits per heavy atom. The second-order valence-corrected chi connectivity index (χ2v) is 9.77. The van der Waals surface area contributed by atoms with Crippen molar-refractivity contribution < 1.29 is 28.6 Å². The van der Waals surface area contributed by atoms with Crippen LogP contribution in [0.2, 0.25) is 0 Å². The number of nitrogens with zero attached hydrogens (tertiary/aromatic N) is 1. The van der Waals surface area contributed by atoms with Gasteiger partial charge in [-0.2, -0.15) is 0 Å². The minimum absolute atomic E-state index is 0.163. The lowest BCUT2D eigenvalue weighted by atomic mass is 9.91. The van der Waals surface area contributed by atoms with Crippen molar-refractivity contribution in [2.45, 2.75) is 72.1 Å². The number of hydrogen-bond donors (Lipinski definition) is 1. The molecule has 0 bridgehead atoms. The van der Waals surface area contributed by atoms with Gasteiger partial charge in [-0.1, -0.05) is 12.2 Å². The number of benzene rings is 1. The molecule has 0 radical (unpaired) electrons. The van der Waals surface area contributed by atoms with E-state index in [1.807, 2.05) is 13.0 Å². The summed E-state index contributed by atoms with van der Waals surface area (Å²) in [6, 6.07) is 4.55. The third-order valence-electron chi connectivity index (χ3n) is 4.67. The number of hydrogen-bond acceptors (Lipinski definition) is 6. The fraction of sp³-hybridized carbons (Fsp3) is 0.542. The Balaban J connectivity index is 2.33. The quantitative estimate of drug-likeness (QED) is 0.405. The first kappa shape index (κ1) is 25.2. The Morgan fingerprint density at radius 1 is 1.03 bits per heavy atom. The van der Waals surface area contributed by atoms with Crippen molar-refractivity contribution >= 4 is 18.0 Å². The summed E-state index contributed by atoms with van der Waals surface area (Å²) in [5.74, 6) is -0.174. The molecule has 0 heterocycles. The predicted molar refractivity (Wildman–Crippen MR) is 121 cm³/mol. The zero-order chi connectivity index (χ0) is 24.3. The number of amides is 2. The number of carbonyl (C=O) groups excluding carboxylic acids is 3. The molecule has 8 heteroatoms. The van der Waals surface area contributed by atoms with Crippen LogP contribution >= 0.6 is 0 Å². The number of ketones is 1. The molecule has 2 amide bonds. The van der Waals surface area contributed by atoms with Gasteiger partial charge in [0, 0.05) is 5.56 Å². The minimum atomic E-state index is -0.804. The van der Waals surface area contributed by atoms with E-state index >= 15 is 0 Å². The highest BCUT2D eigenvalue weighted by Crippen LogP contribution is 2.30. The van der Waals surface area contributed by atoms with Crippen LogP contribution in [-0.2, 0) is 9.47 Å². The fourth-order valence-electron chi connectivity index (χ4n) is 3.36. The lowest BCUT2D eigenvalue weighted by Gasteiger charge is -2.34. The van der Waals surface area contributed by atoms with Crippen molar-refractivity contribution in [1.29, 1.82) is 0 Å². The smallest absolute Gasteiger partial charge is 0.429 e. The van der Waals surface area contributed by atoms with Crippen molar-refractivity contribution in [2.75, 3.05) is 7.11 Å². The van der Waals surface area contributed by atoms with E-state index in [1.54, 1.807) is 72.9 Å². The van der Waals surface area contributed by atoms with Crippen LogP contribution in [0.25, 0.3) is 0 Å². The minimum Gasteiger partial charge on any atom is -0.497 e. The number of rotatable bonds is 4. The van der Waals surface area contributed by atoms with Crippen LogP contribution in [0.15, 0.2) is 30.4 Å². The Labute approximate surface area is 189 Å². The zero-order valence-corrected chi connectivity index (χ0v) is 20.1. The number of Topliss-reactive ketones (excluding diaryl/α,β-unsaturated/α-hetero) is 1. The van der Waals surface area contributed by atoms with Gasteiger partial charge in [0.15, 0.2) is 5.78 Å². The molecule has 0 spiro atoms. The molecular weight excluding hydrogens is 412 g/mol. The van der Waals surface area contributed by atoms with E-state index < -0.39 is 35.3 Å². The number of aryl methyl sites for hydroxylation is 1. The standard InChI is InChI=1S/C24H34N2O6/c1-15-14-16(30-8)12-13-17(15)20(27)18-10-9-11-19(18)26(22(29)32-24(5,6)7)25-21(28)31-23(2,3)4/h9-10,12-14,18-19H,11H2,1-8H3,(H,25,28)/t18-,19-/m0/s1. The summed E-state index contributed by atoms with van der Waals surface area (Å²) in [4.78, 5) is 38.8. The summed E-state index contributed by atoms with van der Waals surface area (Å²) < 4.78 is 16.0. The summed E-state index contributed by atoms with van der Waals surface area (Å²) in [5, 5.41) is 1.07. The number of methoxy groups -OCH3 is 1. The maximum atomic E-state index is 13.4. The van der Waals surface area contributed by atoms with Gasteiger partial charge in [-0.15, -0.1) is 0 Å². The Hall–Kier alpha value is -3.03. The molecule has 1 aliphatic rings. The topological polar surface area (TPSA) is 94.2 Å². The number of ether oxygens (including phenoxy) is 3. The molecule has 2 atom stereocenters. The molecular formula is C24H34N2O6. The molecule has 1 aliphatic carbocycles. The second-order valence-electron chi connectivity index (χ2n) is 9.77. The van der Waals surface area contributed by atoms with Crippen molar-refractivity contribution in [3.63, 3.8) is 0 Å². The molecule has 0 aliphatic heterocycles. The number of nitrogens with one attached hydrogen (secondary N) is 1. The summed E-state index contributed by atoms with van der Waals surface area (Å²) in [7, 11) is 1.56. The highest BCUT2D eigenvalue weighted by molar-refractivity contribution is 6.01. The van der Waals surface area contributed by atoms with Gasteiger partial charge in [-0.25, -0.2) is 20.0 Å². The summed E-state index contributed by atoms with van der Waals surface area (Å²) in [5.41, 5.74) is 2.23. The Kier molecular flexibility index (Phi) is 7.59. The molecule has 176 valence electrons. The van der Waals surface area contributed by atoms with Crippen molar-refractivity contribution in [1.82, 2.24) is 10.4 Å². The van der Waals surface area contributed by atoms with Gasteiger partial charge < -0.3 is 14.2 Å². The van der Waals surface area contributed by atoms with Gasteiger partial charge in [0.1, 0.15) is 17.0 Å². The second kappa shape index (κ2) is 9.63. The van der Waals surface area contributed by atoms with Crippen LogP contribution in [0, 0.1) is 12.8 Å². The molecule has 2 rings (SSSR count). The molecule has 1 aromatic carbocycles. The Bertz CT molecular complexity index is 895. The molecule has 1 N–H and O–H groups in total. The van der Waals surface area contributed by atoms with E-state index in [0.29, 0.717) is 17.7 Å². The molecule has 0 unspecified atom stereocenters. The van der Waals surface area contributed by atoms with Gasteiger partial charge in [-0.05, 0) is 78.6 Å². The average molecular weight is 447 g/mol. The van der Waals surface area contributed by atoms with Crippen LogP contribution < -0.4 is 10.2 Å². The first-order valence-electron chi connectivity index (χ1n) is 10.6. The van der Waals surface area contributed by atoms with E-state index in [-0.39, 0.29) is 5.78 Å². The summed E-state index contributed by atoms with van der Waals surface area (Å²) in [6.45, 7) is 12.2. The van der Waals surface area contributed by atoms with Crippen LogP contribution in [-0.4, -0.2) is 47.3 Å². The van der Waals surface area contributed by atoms with Crippen LogP contribution in [0.5, 0.6) is 5.75 Å². The van der Waals surface area contributed by atoms with Gasteiger partial charge in [0.2, 0.25) is 0 Å². The first-order chi connectivity index (χ1) is 14.7. The molecule has 0 saturated carbocycles. The van der Waals surface area contributed by atoms with E-state index in [0.717, 1.165) is 10.6 Å². The van der Waals surface area contributed by atoms with E-state index in [1.165, 1.54) is 0 Å². The lowest BCUT2D eigenvalue weighted by molar-refractivity contribution is -0.0120. The molecule has 1 aromatic rings. The largest absolute Gasteiger partial charge is 0.497 e. The molecule has 32 heavy (non-hydrogen) atoms. The highest BCUT2D eigenvalue weighted by atomic mass is 16.6. The van der Waals surface area contributed by atoms with E-state index in [4.69, 9.17) is 14.2 Å². The third kappa shape index (κ3) is 6.73. The van der Waals surface area contributed by atoms with Gasteiger partial charge in [-0.3, -0.25) is 4.79 Å². The normalized spacial score (nSPS) is 18.1. The van der Waals surface area contributed by atoms with Crippen molar-refractivity contribution in [3.8, 4) is 5.75 Å². The SMILES string of the molecule is COc1ccc(C(=O)[C@H]2C=CC[C@@H]2N(NC(=O)OC(C)(C)C)C(=O)OC(C)(C)C)c(C)c1. The number of carbonyl (C=O) groups is 3. The van der Waals surface area contributed by atoms with Gasteiger partial charge in [0.25, 0.3) is 0 Å². The maximum absolute atomic E-state index is 13.4. The first-order valence-corrected chi connectivity index (χ1v) is 10.6. The summed E-state index contributed by atoms with van der Waals surface area (Å²) >= 11 is 0. The lowest BCUT2D eigenvalue weighted by Crippen LogP contribution is -2.56.